The Bertz CT molecular complexity index is 723. The molecule has 22 heavy (non-hydrogen) atoms. The van der Waals surface area contributed by atoms with Crippen LogP contribution >= 0.6 is 11.3 Å². The molecule has 5 heteroatoms. The van der Waals surface area contributed by atoms with E-state index >= 15 is 0 Å². The van der Waals surface area contributed by atoms with E-state index in [1.165, 1.54) is 12.0 Å². The fourth-order valence-corrected chi connectivity index (χ4v) is 3.77. The van der Waals surface area contributed by atoms with E-state index in [4.69, 9.17) is 4.42 Å². The summed E-state index contributed by atoms with van der Waals surface area (Å²) < 4.78 is 5.41. The SMILES string of the molecule is c1cncc([C@H]2CCN(Cc3csc(-c4ccco4)n3)C2)c1. The average Bonchev–Trinajstić information content (AvgIpc) is 3.30. The number of aromatic nitrogens is 2. The van der Waals surface area contributed by atoms with Gasteiger partial charge in [-0.2, -0.15) is 0 Å². The van der Waals surface area contributed by atoms with E-state index in [1.54, 1.807) is 17.6 Å². The van der Waals surface area contributed by atoms with Crippen LogP contribution in [0, 0.1) is 0 Å². The Labute approximate surface area is 133 Å². The van der Waals surface area contributed by atoms with Crippen molar-refractivity contribution in [3.8, 4) is 10.8 Å². The van der Waals surface area contributed by atoms with Gasteiger partial charge in [-0.1, -0.05) is 6.07 Å². The fourth-order valence-electron chi connectivity index (χ4n) is 2.99. The molecule has 0 bridgehead atoms. The van der Waals surface area contributed by atoms with Crippen molar-refractivity contribution in [2.45, 2.75) is 18.9 Å². The minimum Gasteiger partial charge on any atom is -0.462 e. The second-order valence-corrected chi connectivity index (χ2v) is 6.49. The van der Waals surface area contributed by atoms with E-state index in [2.05, 4.69) is 26.3 Å². The van der Waals surface area contributed by atoms with E-state index in [0.717, 1.165) is 36.1 Å². The summed E-state index contributed by atoms with van der Waals surface area (Å²) in [5, 5.41) is 3.10. The molecule has 1 saturated heterocycles. The molecule has 4 heterocycles. The van der Waals surface area contributed by atoms with E-state index in [0.29, 0.717) is 5.92 Å². The Morgan fingerprint density at radius 1 is 1.32 bits per heavy atom. The van der Waals surface area contributed by atoms with Crippen LogP contribution in [0.4, 0.5) is 0 Å². The maximum Gasteiger partial charge on any atom is 0.162 e. The second-order valence-electron chi connectivity index (χ2n) is 5.63. The summed E-state index contributed by atoms with van der Waals surface area (Å²) in [6.07, 6.45) is 6.71. The third kappa shape index (κ3) is 2.82. The van der Waals surface area contributed by atoms with Gasteiger partial charge < -0.3 is 4.42 Å². The van der Waals surface area contributed by atoms with Crippen LogP contribution in [0.15, 0.2) is 52.7 Å². The molecule has 1 atom stereocenters. The Morgan fingerprint density at radius 2 is 2.32 bits per heavy atom. The van der Waals surface area contributed by atoms with Crippen molar-refractivity contribution in [2.24, 2.45) is 0 Å². The summed E-state index contributed by atoms with van der Waals surface area (Å²) in [5.41, 5.74) is 2.47. The first-order valence-corrected chi connectivity index (χ1v) is 8.37. The summed E-state index contributed by atoms with van der Waals surface area (Å²) in [6.45, 7) is 3.11. The first-order valence-electron chi connectivity index (χ1n) is 7.49. The van der Waals surface area contributed by atoms with Crippen LogP contribution in [0.3, 0.4) is 0 Å². The topological polar surface area (TPSA) is 42.2 Å². The molecule has 4 rings (SSSR count). The summed E-state index contributed by atoms with van der Waals surface area (Å²) in [7, 11) is 0. The van der Waals surface area contributed by atoms with Crippen molar-refractivity contribution < 1.29 is 4.42 Å². The molecular weight excluding hydrogens is 294 g/mol. The lowest BCUT2D eigenvalue weighted by Gasteiger charge is -2.14. The van der Waals surface area contributed by atoms with Gasteiger partial charge in [-0.25, -0.2) is 4.98 Å². The lowest BCUT2D eigenvalue weighted by atomic mass is 10.0. The van der Waals surface area contributed by atoms with E-state index in [9.17, 15) is 0 Å². The highest BCUT2D eigenvalue weighted by Crippen LogP contribution is 2.29. The first kappa shape index (κ1) is 13.7. The first-order chi connectivity index (χ1) is 10.9. The van der Waals surface area contributed by atoms with Gasteiger partial charge >= 0.3 is 0 Å². The van der Waals surface area contributed by atoms with Gasteiger partial charge in [-0.05, 0) is 42.6 Å². The van der Waals surface area contributed by atoms with Crippen molar-refractivity contribution in [1.29, 1.82) is 0 Å². The summed E-state index contributed by atoms with van der Waals surface area (Å²) >= 11 is 1.65. The predicted octanol–water partition coefficient (Wildman–Crippen LogP) is 3.79. The number of thiazole rings is 1. The van der Waals surface area contributed by atoms with E-state index in [-0.39, 0.29) is 0 Å². The molecule has 1 fully saturated rings. The molecule has 0 saturated carbocycles. The molecule has 3 aromatic rings. The maximum absolute atomic E-state index is 5.41. The molecule has 4 nitrogen and oxygen atoms in total. The third-order valence-electron chi connectivity index (χ3n) is 4.10. The van der Waals surface area contributed by atoms with Crippen LogP contribution in [-0.2, 0) is 6.54 Å². The van der Waals surface area contributed by atoms with E-state index in [1.807, 2.05) is 30.6 Å². The highest BCUT2D eigenvalue weighted by atomic mass is 32.1. The number of furan rings is 1. The standard InChI is InChI=1S/C17H17N3OS/c1-3-13(9-18-6-1)14-5-7-20(10-14)11-15-12-22-17(19-15)16-4-2-8-21-16/h1-4,6,8-9,12,14H,5,7,10-11H2/t14-/m0/s1. The molecule has 0 N–H and O–H groups in total. The Balaban J connectivity index is 1.41. The fraction of sp³-hybridized carbons (Fsp3) is 0.294. The van der Waals surface area contributed by atoms with Gasteiger partial charge in [0.25, 0.3) is 0 Å². The van der Waals surface area contributed by atoms with Crippen LogP contribution in [0.2, 0.25) is 0 Å². The Kier molecular flexibility index (Phi) is 3.74. The van der Waals surface area contributed by atoms with Crippen molar-refractivity contribution in [3.05, 3.63) is 59.6 Å². The largest absolute Gasteiger partial charge is 0.462 e. The van der Waals surface area contributed by atoms with Crippen LogP contribution in [0.5, 0.6) is 0 Å². The zero-order valence-corrected chi connectivity index (χ0v) is 13.0. The number of pyridine rings is 1. The minimum absolute atomic E-state index is 0.594. The molecule has 0 unspecified atom stereocenters. The lowest BCUT2D eigenvalue weighted by molar-refractivity contribution is 0.323. The zero-order valence-electron chi connectivity index (χ0n) is 12.2. The normalized spacial score (nSPS) is 18.8. The molecule has 0 amide bonds. The second kappa shape index (κ2) is 6.02. The quantitative estimate of drug-likeness (QED) is 0.735. The number of hydrogen-bond acceptors (Lipinski definition) is 5. The maximum atomic E-state index is 5.41. The van der Waals surface area contributed by atoms with Crippen LogP contribution in [0.1, 0.15) is 23.6 Å². The molecule has 1 aliphatic rings. The Hall–Kier alpha value is -1.98. The van der Waals surface area contributed by atoms with Gasteiger partial charge in [0.05, 0.1) is 12.0 Å². The molecular formula is C17H17N3OS. The van der Waals surface area contributed by atoms with Gasteiger partial charge in [-0.3, -0.25) is 9.88 Å². The van der Waals surface area contributed by atoms with Gasteiger partial charge in [0.15, 0.2) is 10.8 Å². The lowest BCUT2D eigenvalue weighted by Crippen LogP contribution is -2.19. The van der Waals surface area contributed by atoms with Crippen molar-refractivity contribution in [2.75, 3.05) is 13.1 Å². The summed E-state index contributed by atoms with van der Waals surface area (Å²) in [6, 6.07) is 8.05. The van der Waals surface area contributed by atoms with Crippen LogP contribution < -0.4 is 0 Å². The summed E-state index contributed by atoms with van der Waals surface area (Å²) in [5.74, 6) is 1.45. The van der Waals surface area contributed by atoms with Crippen LogP contribution in [-0.4, -0.2) is 28.0 Å². The number of rotatable bonds is 4. The van der Waals surface area contributed by atoms with Crippen molar-refractivity contribution in [1.82, 2.24) is 14.9 Å². The Morgan fingerprint density at radius 3 is 3.14 bits per heavy atom. The molecule has 0 aromatic carbocycles. The van der Waals surface area contributed by atoms with E-state index < -0.39 is 0 Å². The van der Waals surface area contributed by atoms with Gasteiger partial charge in [0, 0.05) is 30.9 Å². The predicted molar refractivity (Wildman–Crippen MR) is 86.7 cm³/mol. The van der Waals surface area contributed by atoms with Gasteiger partial charge in [0.2, 0.25) is 0 Å². The summed E-state index contributed by atoms with van der Waals surface area (Å²) in [4.78, 5) is 11.4. The number of nitrogens with zero attached hydrogens (tertiary/aromatic N) is 3. The highest BCUT2D eigenvalue weighted by molar-refractivity contribution is 7.13. The van der Waals surface area contributed by atoms with Gasteiger partial charge in [0.1, 0.15) is 0 Å². The number of hydrogen-bond donors (Lipinski definition) is 0. The molecule has 0 aliphatic carbocycles. The zero-order chi connectivity index (χ0) is 14.8. The molecule has 0 spiro atoms. The van der Waals surface area contributed by atoms with Crippen molar-refractivity contribution >= 4 is 11.3 Å². The van der Waals surface area contributed by atoms with Crippen molar-refractivity contribution in [3.63, 3.8) is 0 Å². The number of likely N-dealkylation sites (tertiary alicyclic amines) is 1. The van der Waals surface area contributed by atoms with Crippen LogP contribution in [0.25, 0.3) is 10.8 Å². The molecule has 112 valence electrons. The molecule has 3 aromatic heterocycles. The monoisotopic (exact) mass is 311 g/mol. The molecule has 0 radical (unpaired) electrons. The average molecular weight is 311 g/mol. The molecule has 1 aliphatic heterocycles. The smallest absolute Gasteiger partial charge is 0.162 e. The van der Waals surface area contributed by atoms with Gasteiger partial charge in [-0.15, -0.1) is 11.3 Å². The minimum atomic E-state index is 0.594. The third-order valence-corrected chi connectivity index (χ3v) is 5.00. The highest BCUT2D eigenvalue weighted by Gasteiger charge is 2.24.